The van der Waals surface area contributed by atoms with Crippen LogP contribution in [0.15, 0.2) is 0 Å². The maximum atomic E-state index is 13.3. The van der Waals surface area contributed by atoms with Gasteiger partial charge in [0.05, 0.1) is 11.3 Å². The molecule has 11 heteroatoms. The maximum Gasteiger partial charge on any atom is 0.216 e. The molecule has 8 atom stereocenters. The summed E-state index contributed by atoms with van der Waals surface area (Å²) >= 11 is 0. The van der Waals surface area contributed by atoms with Crippen LogP contribution in [0.5, 0.6) is 0 Å². The summed E-state index contributed by atoms with van der Waals surface area (Å²) in [5.74, 6) is 0.927. The molecule has 5 N–H and O–H groups in total. The van der Waals surface area contributed by atoms with Crippen LogP contribution in [0.1, 0.15) is 25.7 Å². The average Bonchev–Trinajstić information content (AvgIpc) is 3.44. The second kappa shape index (κ2) is 8.53. The van der Waals surface area contributed by atoms with E-state index in [0.29, 0.717) is 36.9 Å². The summed E-state index contributed by atoms with van der Waals surface area (Å²) in [5, 5.41) is 11.0. The lowest BCUT2D eigenvalue weighted by molar-refractivity contribution is -0.0106. The highest BCUT2D eigenvalue weighted by atomic mass is 32.2. The van der Waals surface area contributed by atoms with Gasteiger partial charge in [0.2, 0.25) is 10.0 Å². The number of methoxy groups -OCH3 is 1. The number of rotatable bonds is 5. The Hall–Kier alpha value is -0.370. The molecule has 10 nitrogen and oxygen atoms in total. The van der Waals surface area contributed by atoms with Gasteiger partial charge in [-0.25, -0.2) is 23.2 Å². The molecule has 0 aliphatic carbocycles. The van der Waals surface area contributed by atoms with E-state index < -0.39 is 15.3 Å². The Kier molecular flexibility index (Phi) is 6.10. The van der Waals surface area contributed by atoms with Gasteiger partial charge in [0.1, 0.15) is 6.23 Å². The summed E-state index contributed by atoms with van der Waals surface area (Å²) in [5.41, 5.74) is 6.87. The van der Waals surface area contributed by atoms with Crippen molar-refractivity contribution in [2.75, 3.05) is 46.9 Å². The van der Waals surface area contributed by atoms with Crippen LogP contribution < -0.4 is 26.2 Å². The third kappa shape index (κ3) is 3.82. The largest absolute Gasteiger partial charge is 0.365 e. The first-order valence-electron chi connectivity index (χ1n) is 11.4. The predicted molar refractivity (Wildman–Crippen MR) is 114 cm³/mol. The molecule has 0 aromatic heterocycles. The van der Waals surface area contributed by atoms with Gasteiger partial charge in [-0.05, 0) is 25.7 Å². The minimum absolute atomic E-state index is 0.0770. The Morgan fingerprint density at radius 3 is 2.67 bits per heavy atom. The number of fused-ring (bicyclic) bond motifs is 2. The zero-order valence-corrected chi connectivity index (χ0v) is 18.8. The molecule has 5 fully saturated rings. The molecule has 0 spiro atoms. The topological polar surface area (TPSA) is 110 Å². The second-order valence-electron chi connectivity index (χ2n) is 9.62. The van der Waals surface area contributed by atoms with Crippen LogP contribution in [0.2, 0.25) is 0 Å². The Morgan fingerprint density at radius 2 is 1.90 bits per heavy atom. The number of ether oxygens (including phenoxy) is 1. The van der Waals surface area contributed by atoms with Crippen molar-refractivity contribution in [3.8, 4) is 0 Å². The van der Waals surface area contributed by atoms with E-state index >= 15 is 0 Å². The molecule has 0 amide bonds. The molecule has 5 heterocycles. The first-order valence-corrected chi connectivity index (χ1v) is 13.0. The summed E-state index contributed by atoms with van der Waals surface area (Å²) in [6.45, 7) is 4.32. The highest BCUT2D eigenvalue weighted by molar-refractivity contribution is 7.90. The monoisotopic (exact) mass is 443 g/mol. The zero-order chi connectivity index (χ0) is 20.9. The predicted octanol–water partition coefficient (Wildman–Crippen LogP) is -2.00. The lowest BCUT2D eigenvalue weighted by Crippen LogP contribution is -2.67. The van der Waals surface area contributed by atoms with Gasteiger partial charge < -0.3 is 10.1 Å². The zero-order valence-electron chi connectivity index (χ0n) is 18.0. The van der Waals surface area contributed by atoms with Crippen LogP contribution in [-0.2, 0) is 14.8 Å². The summed E-state index contributed by atoms with van der Waals surface area (Å²) in [6, 6.07) is 0.761. The SMILES string of the molecule is COC1NCC2CNN(C)C2C1NS(=O)(=O)C1CCC(C2CNN3CCCC23)NC1. The van der Waals surface area contributed by atoms with E-state index in [-0.39, 0.29) is 18.3 Å². The van der Waals surface area contributed by atoms with Crippen molar-refractivity contribution in [2.24, 2.45) is 11.8 Å². The van der Waals surface area contributed by atoms with Crippen LogP contribution in [0.3, 0.4) is 0 Å². The maximum absolute atomic E-state index is 13.3. The Bertz CT molecular complexity index is 717. The van der Waals surface area contributed by atoms with Gasteiger partial charge in [0.15, 0.2) is 0 Å². The minimum atomic E-state index is -3.47. The van der Waals surface area contributed by atoms with Crippen LogP contribution in [0, 0.1) is 11.8 Å². The van der Waals surface area contributed by atoms with E-state index in [0.717, 1.165) is 32.6 Å². The second-order valence-corrected chi connectivity index (χ2v) is 11.6. The first-order chi connectivity index (χ1) is 14.5. The van der Waals surface area contributed by atoms with E-state index in [9.17, 15) is 8.42 Å². The first kappa shape index (κ1) is 21.5. The molecular formula is C19H37N7O3S. The van der Waals surface area contributed by atoms with E-state index in [2.05, 4.69) is 31.2 Å². The molecule has 5 aliphatic heterocycles. The van der Waals surface area contributed by atoms with Crippen LogP contribution in [0.4, 0.5) is 0 Å². The number of hydrazine groups is 2. The van der Waals surface area contributed by atoms with Crippen molar-refractivity contribution in [1.29, 1.82) is 0 Å². The fraction of sp³-hybridized carbons (Fsp3) is 1.00. The quantitative estimate of drug-likeness (QED) is 0.330. The summed E-state index contributed by atoms with van der Waals surface area (Å²) in [7, 11) is 0.155. The smallest absolute Gasteiger partial charge is 0.216 e. The average molecular weight is 444 g/mol. The van der Waals surface area contributed by atoms with Crippen LogP contribution >= 0.6 is 0 Å². The van der Waals surface area contributed by atoms with Crippen LogP contribution in [0.25, 0.3) is 0 Å². The number of sulfonamides is 1. The third-order valence-electron chi connectivity index (χ3n) is 8.05. The number of nitrogens with zero attached hydrogens (tertiary/aromatic N) is 2. The number of hydrogen-bond acceptors (Lipinski definition) is 9. The molecule has 5 aliphatic rings. The molecule has 0 saturated carbocycles. The fourth-order valence-electron chi connectivity index (χ4n) is 6.44. The lowest BCUT2D eigenvalue weighted by atomic mass is 9.86. The molecule has 30 heavy (non-hydrogen) atoms. The molecule has 5 saturated heterocycles. The standard InChI is InChI=1S/C19H37N7O3S/c1-25-18-12(9-22-25)8-21-19(29-2)17(18)24-30(27,28)13-5-6-15(20-10-13)14-11-23-26-7-3-4-16(14)26/h12-24H,3-11H2,1-2H3. The Labute approximate surface area is 179 Å². The summed E-state index contributed by atoms with van der Waals surface area (Å²) in [6.07, 6.45) is 3.79. The molecule has 0 radical (unpaired) electrons. The Morgan fingerprint density at radius 1 is 1.03 bits per heavy atom. The molecule has 0 aromatic carbocycles. The van der Waals surface area contributed by atoms with Gasteiger partial charge in [0, 0.05) is 76.8 Å². The third-order valence-corrected chi connectivity index (χ3v) is 9.93. The number of nitrogens with one attached hydrogen (secondary N) is 5. The van der Waals surface area contributed by atoms with Gasteiger partial charge in [0.25, 0.3) is 0 Å². The minimum Gasteiger partial charge on any atom is -0.365 e. The van der Waals surface area contributed by atoms with Gasteiger partial charge in [-0.15, -0.1) is 0 Å². The van der Waals surface area contributed by atoms with Gasteiger partial charge in [-0.1, -0.05) is 0 Å². The molecule has 0 aromatic rings. The molecule has 5 rings (SSSR count). The van der Waals surface area contributed by atoms with Gasteiger partial charge in [-0.3, -0.25) is 16.2 Å². The highest BCUT2D eigenvalue weighted by Gasteiger charge is 2.48. The summed E-state index contributed by atoms with van der Waals surface area (Å²) < 4.78 is 35.3. The number of hydrogen-bond donors (Lipinski definition) is 5. The van der Waals surface area contributed by atoms with Gasteiger partial charge in [-0.2, -0.15) is 0 Å². The number of piperidine rings is 2. The van der Waals surface area contributed by atoms with E-state index in [1.165, 1.54) is 12.8 Å². The van der Waals surface area contributed by atoms with Crippen molar-refractivity contribution in [1.82, 2.24) is 36.2 Å². The normalized spacial score (nSPS) is 45.5. The number of likely N-dealkylation sites (N-methyl/N-ethyl adjacent to an activating group) is 1. The van der Waals surface area contributed by atoms with Crippen molar-refractivity contribution in [3.05, 3.63) is 0 Å². The van der Waals surface area contributed by atoms with Crippen molar-refractivity contribution in [3.63, 3.8) is 0 Å². The molecular weight excluding hydrogens is 406 g/mol. The van der Waals surface area contributed by atoms with E-state index in [1.807, 2.05) is 12.1 Å². The highest BCUT2D eigenvalue weighted by Crippen LogP contribution is 2.32. The van der Waals surface area contributed by atoms with Gasteiger partial charge >= 0.3 is 0 Å². The summed E-state index contributed by atoms with van der Waals surface area (Å²) in [4.78, 5) is 0. The van der Waals surface area contributed by atoms with Crippen LogP contribution in [-0.4, -0.2) is 101 Å². The Balaban J connectivity index is 1.22. The fourth-order valence-corrected chi connectivity index (χ4v) is 8.03. The van der Waals surface area contributed by atoms with E-state index in [1.54, 1.807) is 7.11 Å². The molecule has 8 unspecified atom stereocenters. The van der Waals surface area contributed by atoms with E-state index in [4.69, 9.17) is 4.74 Å². The molecule has 172 valence electrons. The molecule has 0 bridgehead atoms. The lowest BCUT2D eigenvalue weighted by Gasteiger charge is -2.42. The van der Waals surface area contributed by atoms with Crippen molar-refractivity contribution < 1.29 is 13.2 Å². The van der Waals surface area contributed by atoms with Crippen molar-refractivity contribution >= 4 is 10.0 Å². The van der Waals surface area contributed by atoms with Crippen molar-refractivity contribution in [2.45, 2.75) is 61.3 Å².